The fraction of sp³-hybridized carbons (Fsp3) is 0.273. The molecule has 0 saturated carbocycles. The van der Waals surface area contributed by atoms with Crippen molar-refractivity contribution in [1.29, 1.82) is 0 Å². The molecular formula is C11H11Br2N3O2. The van der Waals surface area contributed by atoms with Crippen molar-refractivity contribution in [3.05, 3.63) is 27.0 Å². The van der Waals surface area contributed by atoms with Crippen LogP contribution in [0.1, 0.15) is 5.69 Å². The summed E-state index contributed by atoms with van der Waals surface area (Å²) in [4.78, 5) is 8.82. The van der Waals surface area contributed by atoms with E-state index in [0.29, 0.717) is 24.0 Å². The van der Waals surface area contributed by atoms with Crippen LogP contribution in [0.5, 0.6) is 0 Å². The van der Waals surface area contributed by atoms with Crippen molar-refractivity contribution >= 4 is 37.7 Å². The summed E-state index contributed by atoms with van der Waals surface area (Å²) < 4.78 is 12.1. The number of aromatic nitrogens is 2. The Morgan fingerprint density at radius 2 is 2.17 bits per heavy atom. The second kappa shape index (κ2) is 5.81. The van der Waals surface area contributed by atoms with E-state index < -0.39 is 0 Å². The minimum Gasteiger partial charge on any atom is -0.460 e. The number of rotatable bonds is 4. The van der Waals surface area contributed by atoms with E-state index in [1.165, 1.54) is 0 Å². The summed E-state index contributed by atoms with van der Waals surface area (Å²) in [5.41, 5.74) is 0.759. The van der Waals surface area contributed by atoms with E-state index in [2.05, 4.69) is 47.1 Å². The third-order valence-electron chi connectivity index (χ3n) is 2.26. The van der Waals surface area contributed by atoms with Gasteiger partial charge in [-0.1, -0.05) is 0 Å². The van der Waals surface area contributed by atoms with Crippen molar-refractivity contribution in [3.8, 4) is 11.6 Å². The highest BCUT2D eigenvalue weighted by molar-refractivity contribution is 9.11. The van der Waals surface area contributed by atoms with Crippen LogP contribution in [0.15, 0.2) is 25.7 Å². The molecule has 0 aliphatic rings. The quantitative estimate of drug-likeness (QED) is 0.885. The van der Waals surface area contributed by atoms with E-state index in [4.69, 9.17) is 9.15 Å². The Bertz CT molecular complexity index is 557. The molecule has 0 atom stereocenters. The molecule has 0 aliphatic carbocycles. The Morgan fingerprint density at radius 1 is 1.39 bits per heavy atom. The minimum absolute atomic E-state index is 0.392. The molecule has 0 fully saturated rings. The van der Waals surface area contributed by atoms with Crippen molar-refractivity contribution in [2.75, 3.05) is 19.5 Å². The smallest absolute Gasteiger partial charge is 0.199 e. The van der Waals surface area contributed by atoms with Gasteiger partial charge in [0.1, 0.15) is 5.82 Å². The predicted molar refractivity (Wildman–Crippen MR) is 75.4 cm³/mol. The molecule has 1 N–H and O–H groups in total. The van der Waals surface area contributed by atoms with Gasteiger partial charge in [0.2, 0.25) is 0 Å². The van der Waals surface area contributed by atoms with Crippen LogP contribution in [0.2, 0.25) is 0 Å². The summed E-state index contributed by atoms with van der Waals surface area (Å²) in [6.45, 7) is 0.392. The molecule has 0 amide bonds. The molecule has 0 saturated heterocycles. The van der Waals surface area contributed by atoms with E-state index >= 15 is 0 Å². The van der Waals surface area contributed by atoms with Gasteiger partial charge in [0.25, 0.3) is 0 Å². The van der Waals surface area contributed by atoms with Gasteiger partial charge in [-0.25, -0.2) is 9.97 Å². The lowest BCUT2D eigenvalue weighted by Gasteiger charge is -2.09. The fourth-order valence-corrected chi connectivity index (χ4v) is 2.32. The fourth-order valence-electron chi connectivity index (χ4n) is 1.45. The average Bonchev–Trinajstić information content (AvgIpc) is 2.78. The second-order valence-electron chi connectivity index (χ2n) is 3.44. The van der Waals surface area contributed by atoms with Crippen molar-refractivity contribution in [1.82, 2.24) is 9.97 Å². The van der Waals surface area contributed by atoms with E-state index in [1.54, 1.807) is 26.5 Å². The zero-order valence-corrected chi connectivity index (χ0v) is 13.0. The van der Waals surface area contributed by atoms with E-state index in [1.807, 2.05) is 0 Å². The molecule has 96 valence electrons. The van der Waals surface area contributed by atoms with Gasteiger partial charge >= 0.3 is 0 Å². The summed E-state index contributed by atoms with van der Waals surface area (Å²) in [5.74, 6) is 1.79. The van der Waals surface area contributed by atoms with Crippen LogP contribution in [0.25, 0.3) is 11.6 Å². The van der Waals surface area contributed by atoms with Gasteiger partial charge in [0, 0.05) is 14.2 Å². The summed E-state index contributed by atoms with van der Waals surface area (Å²) in [7, 11) is 3.42. The van der Waals surface area contributed by atoms with Crippen LogP contribution in [-0.4, -0.2) is 24.1 Å². The first kappa shape index (κ1) is 13.5. The second-order valence-corrected chi connectivity index (χ2v) is 5.08. The number of nitrogens with zero attached hydrogens (tertiary/aromatic N) is 2. The number of ether oxygens (including phenoxy) is 1. The van der Waals surface area contributed by atoms with Crippen LogP contribution in [0.4, 0.5) is 5.82 Å². The van der Waals surface area contributed by atoms with Gasteiger partial charge in [-0.3, -0.25) is 0 Å². The molecule has 18 heavy (non-hydrogen) atoms. The van der Waals surface area contributed by atoms with Gasteiger partial charge in [0.15, 0.2) is 11.6 Å². The van der Waals surface area contributed by atoms with Gasteiger partial charge in [-0.2, -0.15) is 0 Å². The maximum atomic E-state index is 5.37. The Labute approximate surface area is 121 Å². The lowest BCUT2D eigenvalue weighted by Crippen LogP contribution is -2.04. The van der Waals surface area contributed by atoms with Crippen LogP contribution >= 0.6 is 31.9 Å². The lowest BCUT2D eigenvalue weighted by atomic mass is 10.3. The molecule has 0 unspecified atom stereocenters. The van der Waals surface area contributed by atoms with Gasteiger partial charge in [-0.05, 0) is 37.9 Å². The molecular weight excluding hydrogens is 366 g/mol. The highest BCUT2D eigenvalue weighted by atomic mass is 79.9. The summed E-state index contributed by atoms with van der Waals surface area (Å²) in [6.07, 6.45) is 1.58. The summed E-state index contributed by atoms with van der Waals surface area (Å²) in [5, 5.41) is 3.01. The highest BCUT2D eigenvalue weighted by Gasteiger charge is 2.16. The highest BCUT2D eigenvalue weighted by Crippen LogP contribution is 2.31. The molecule has 0 aliphatic heterocycles. The number of methoxy groups -OCH3 is 1. The van der Waals surface area contributed by atoms with Crippen LogP contribution in [0, 0.1) is 0 Å². The number of nitrogens with one attached hydrogen (secondary N) is 1. The summed E-state index contributed by atoms with van der Waals surface area (Å²) >= 11 is 6.84. The molecule has 0 spiro atoms. The Balaban J connectivity index is 2.55. The molecule has 5 nitrogen and oxygen atoms in total. The third-order valence-corrected chi connectivity index (χ3v) is 3.72. The first-order chi connectivity index (χ1) is 8.67. The molecule has 7 heteroatoms. The monoisotopic (exact) mass is 375 g/mol. The van der Waals surface area contributed by atoms with Crippen LogP contribution in [0.3, 0.4) is 0 Å². The first-order valence-corrected chi connectivity index (χ1v) is 6.72. The standard InChI is InChI=1S/C11H11Br2N3O2/c1-14-10-8(13)7(5-17-2)15-11(16-10)9-6(12)3-4-18-9/h3-4H,5H2,1-2H3,(H,14,15,16). The maximum absolute atomic E-state index is 5.37. The number of anilines is 1. The normalized spacial score (nSPS) is 10.7. The van der Waals surface area contributed by atoms with Gasteiger partial charge in [0.05, 0.1) is 27.5 Å². The van der Waals surface area contributed by atoms with E-state index in [9.17, 15) is 0 Å². The van der Waals surface area contributed by atoms with Gasteiger partial charge in [-0.15, -0.1) is 0 Å². The number of furan rings is 1. The topological polar surface area (TPSA) is 60.2 Å². The largest absolute Gasteiger partial charge is 0.460 e. The maximum Gasteiger partial charge on any atom is 0.199 e. The zero-order chi connectivity index (χ0) is 13.1. The lowest BCUT2D eigenvalue weighted by molar-refractivity contribution is 0.181. The molecule has 2 aromatic heterocycles. The molecule has 2 aromatic rings. The SMILES string of the molecule is CNc1nc(-c2occc2Br)nc(COC)c1Br. The van der Waals surface area contributed by atoms with E-state index in [-0.39, 0.29) is 0 Å². The Morgan fingerprint density at radius 3 is 2.72 bits per heavy atom. The Hall–Kier alpha value is -0.920. The van der Waals surface area contributed by atoms with Crippen molar-refractivity contribution in [2.24, 2.45) is 0 Å². The molecule has 2 heterocycles. The number of hydrogen-bond donors (Lipinski definition) is 1. The first-order valence-electron chi connectivity index (χ1n) is 5.13. The minimum atomic E-state index is 0.392. The average molecular weight is 377 g/mol. The van der Waals surface area contributed by atoms with Crippen molar-refractivity contribution in [2.45, 2.75) is 6.61 Å². The molecule has 0 bridgehead atoms. The predicted octanol–water partition coefficient (Wildman–Crippen LogP) is 3.45. The summed E-state index contributed by atoms with van der Waals surface area (Å²) in [6, 6.07) is 1.80. The molecule has 2 rings (SSSR count). The molecule has 0 radical (unpaired) electrons. The van der Waals surface area contributed by atoms with Crippen molar-refractivity contribution in [3.63, 3.8) is 0 Å². The van der Waals surface area contributed by atoms with E-state index in [0.717, 1.165) is 14.6 Å². The van der Waals surface area contributed by atoms with Crippen LogP contribution < -0.4 is 5.32 Å². The van der Waals surface area contributed by atoms with Crippen molar-refractivity contribution < 1.29 is 9.15 Å². The zero-order valence-electron chi connectivity index (χ0n) is 9.83. The van der Waals surface area contributed by atoms with Gasteiger partial charge < -0.3 is 14.5 Å². The third kappa shape index (κ3) is 2.57. The number of halogens is 2. The van der Waals surface area contributed by atoms with Crippen LogP contribution in [-0.2, 0) is 11.3 Å². The molecule has 0 aromatic carbocycles. The number of hydrogen-bond acceptors (Lipinski definition) is 5. The Kier molecular flexibility index (Phi) is 4.36.